The van der Waals surface area contributed by atoms with Crippen LogP contribution in [-0.2, 0) is 0 Å². The molecule has 0 spiro atoms. The van der Waals surface area contributed by atoms with Gasteiger partial charge in [0.25, 0.3) is 0 Å². The molecule has 1 aromatic heterocycles. The van der Waals surface area contributed by atoms with E-state index in [0.29, 0.717) is 11.0 Å². The van der Waals surface area contributed by atoms with Gasteiger partial charge in [0.05, 0.1) is 5.70 Å². The van der Waals surface area contributed by atoms with Gasteiger partial charge in [-0.1, -0.05) is 39.8 Å². The first-order valence-electron chi connectivity index (χ1n) is 7.00. The van der Waals surface area contributed by atoms with Gasteiger partial charge in [0.1, 0.15) is 0 Å². The van der Waals surface area contributed by atoms with E-state index < -0.39 is 0 Å². The van der Waals surface area contributed by atoms with Crippen molar-refractivity contribution in [3.8, 4) is 22.9 Å². The third-order valence-corrected chi connectivity index (χ3v) is 5.07. The molecule has 0 fully saturated rings. The first-order chi connectivity index (χ1) is 11.6. The molecule has 0 radical (unpaired) electrons. The van der Waals surface area contributed by atoms with Crippen LogP contribution in [0.15, 0.2) is 57.5 Å². The SMILES string of the molecule is Oc1ccc(C2=CSc3nnc(-c4ccccc4Br)n3N2)cc1O. The maximum absolute atomic E-state index is 9.71. The number of aromatic nitrogens is 3. The fraction of sp³-hybridized carbons (Fsp3) is 0. The summed E-state index contributed by atoms with van der Waals surface area (Å²) in [5, 5.41) is 30.2. The molecule has 120 valence electrons. The molecule has 2 heterocycles. The van der Waals surface area contributed by atoms with Crippen molar-refractivity contribution in [2.24, 2.45) is 0 Å². The zero-order chi connectivity index (χ0) is 16.7. The van der Waals surface area contributed by atoms with E-state index in [4.69, 9.17) is 0 Å². The van der Waals surface area contributed by atoms with Crippen LogP contribution in [0.4, 0.5) is 0 Å². The summed E-state index contributed by atoms with van der Waals surface area (Å²) in [5.41, 5.74) is 5.69. The number of fused-ring (bicyclic) bond motifs is 1. The number of benzene rings is 2. The molecule has 2 aromatic carbocycles. The van der Waals surface area contributed by atoms with Crippen LogP contribution in [0.5, 0.6) is 11.5 Å². The van der Waals surface area contributed by atoms with E-state index in [1.54, 1.807) is 10.7 Å². The summed E-state index contributed by atoms with van der Waals surface area (Å²) in [6.45, 7) is 0. The lowest BCUT2D eigenvalue weighted by Gasteiger charge is -2.19. The second-order valence-electron chi connectivity index (χ2n) is 5.09. The average molecular weight is 403 g/mol. The fourth-order valence-electron chi connectivity index (χ4n) is 2.35. The molecule has 3 N–H and O–H groups in total. The van der Waals surface area contributed by atoms with Crippen LogP contribution < -0.4 is 5.43 Å². The van der Waals surface area contributed by atoms with Crippen LogP contribution in [-0.4, -0.2) is 25.1 Å². The van der Waals surface area contributed by atoms with Gasteiger partial charge in [-0.3, -0.25) is 5.43 Å². The predicted molar refractivity (Wildman–Crippen MR) is 96.1 cm³/mol. The van der Waals surface area contributed by atoms with Gasteiger partial charge in [0, 0.05) is 21.0 Å². The summed E-state index contributed by atoms with van der Waals surface area (Å²) in [7, 11) is 0. The largest absolute Gasteiger partial charge is 0.504 e. The fourth-order valence-corrected chi connectivity index (χ4v) is 3.55. The molecule has 0 aliphatic carbocycles. The van der Waals surface area contributed by atoms with Crippen molar-refractivity contribution in [3.63, 3.8) is 0 Å². The van der Waals surface area contributed by atoms with Crippen LogP contribution in [0.1, 0.15) is 5.56 Å². The van der Waals surface area contributed by atoms with E-state index in [1.807, 2.05) is 29.7 Å². The molecule has 1 aliphatic rings. The molecule has 0 amide bonds. The number of thioether (sulfide) groups is 1. The highest BCUT2D eigenvalue weighted by molar-refractivity contribution is 9.10. The van der Waals surface area contributed by atoms with Crippen molar-refractivity contribution in [1.29, 1.82) is 0 Å². The molecule has 4 rings (SSSR count). The molecule has 6 nitrogen and oxygen atoms in total. The number of rotatable bonds is 2. The minimum atomic E-state index is -0.166. The third kappa shape index (κ3) is 2.53. The highest BCUT2D eigenvalue weighted by Gasteiger charge is 2.21. The van der Waals surface area contributed by atoms with Gasteiger partial charge in [-0.25, -0.2) is 4.68 Å². The highest BCUT2D eigenvalue weighted by atomic mass is 79.9. The number of hydrogen-bond acceptors (Lipinski definition) is 6. The molecule has 3 aromatic rings. The van der Waals surface area contributed by atoms with Crippen molar-refractivity contribution < 1.29 is 10.2 Å². The Balaban J connectivity index is 1.73. The number of nitrogens with zero attached hydrogens (tertiary/aromatic N) is 3. The van der Waals surface area contributed by atoms with Crippen LogP contribution in [0.25, 0.3) is 17.1 Å². The quantitative estimate of drug-likeness (QED) is 0.565. The van der Waals surface area contributed by atoms with Gasteiger partial charge in [0.2, 0.25) is 5.16 Å². The maximum atomic E-state index is 9.71. The molecule has 0 saturated heterocycles. The molecule has 24 heavy (non-hydrogen) atoms. The van der Waals surface area contributed by atoms with Gasteiger partial charge >= 0.3 is 0 Å². The topological polar surface area (TPSA) is 83.2 Å². The van der Waals surface area contributed by atoms with Crippen molar-refractivity contribution in [1.82, 2.24) is 14.9 Å². The van der Waals surface area contributed by atoms with Crippen LogP contribution in [0, 0.1) is 0 Å². The summed E-state index contributed by atoms with van der Waals surface area (Å²) < 4.78 is 2.72. The third-order valence-electron chi connectivity index (χ3n) is 3.55. The van der Waals surface area contributed by atoms with Crippen molar-refractivity contribution in [2.75, 3.05) is 5.43 Å². The lowest BCUT2D eigenvalue weighted by molar-refractivity contribution is 0.403. The Morgan fingerprint density at radius 1 is 1.04 bits per heavy atom. The number of phenolic OH excluding ortho intramolecular Hbond substituents is 2. The number of hydrogen-bond donors (Lipinski definition) is 3. The van der Waals surface area contributed by atoms with E-state index in [1.165, 1.54) is 23.9 Å². The van der Waals surface area contributed by atoms with Crippen molar-refractivity contribution in [3.05, 3.63) is 57.9 Å². The Morgan fingerprint density at radius 3 is 2.67 bits per heavy atom. The molecule has 1 aliphatic heterocycles. The van der Waals surface area contributed by atoms with E-state index in [-0.39, 0.29) is 11.5 Å². The maximum Gasteiger partial charge on any atom is 0.214 e. The first-order valence-corrected chi connectivity index (χ1v) is 8.67. The van der Waals surface area contributed by atoms with Crippen molar-refractivity contribution in [2.45, 2.75) is 5.16 Å². The van der Waals surface area contributed by atoms with Gasteiger partial charge in [0.15, 0.2) is 17.3 Å². The van der Waals surface area contributed by atoms with Gasteiger partial charge < -0.3 is 10.2 Å². The Bertz CT molecular complexity index is 970. The Morgan fingerprint density at radius 2 is 1.88 bits per heavy atom. The zero-order valence-electron chi connectivity index (χ0n) is 12.1. The molecular weight excluding hydrogens is 392 g/mol. The van der Waals surface area contributed by atoms with Crippen LogP contribution >= 0.6 is 27.7 Å². The lowest BCUT2D eigenvalue weighted by atomic mass is 10.1. The first kappa shape index (κ1) is 15.1. The summed E-state index contributed by atoms with van der Waals surface area (Å²) in [6, 6.07) is 12.5. The highest BCUT2D eigenvalue weighted by Crippen LogP contribution is 2.35. The summed E-state index contributed by atoms with van der Waals surface area (Å²) in [4.78, 5) is 0. The summed E-state index contributed by atoms with van der Waals surface area (Å²) >= 11 is 4.96. The zero-order valence-corrected chi connectivity index (χ0v) is 14.5. The van der Waals surface area contributed by atoms with Gasteiger partial charge in [-0.05, 0) is 30.3 Å². The van der Waals surface area contributed by atoms with E-state index in [2.05, 4.69) is 31.6 Å². The Kier molecular flexibility index (Phi) is 3.70. The summed E-state index contributed by atoms with van der Waals surface area (Å²) in [6.07, 6.45) is 0. The van der Waals surface area contributed by atoms with E-state index in [9.17, 15) is 10.2 Å². The number of halogens is 1. The molecule has 0 atom stereocenters. The summed E-state index contributed by atoms with van der Waals surface area (Å²) in [5.74, 6) is 0.362. The smallest absolute Gasteiger partial charge is 0.214 e. The number of aromatic hydroxyl groups is 2. The molecule has 0 bridgehead atoms. The standard InChI is InChI=1S/C16H11BrN4O2S/c17-11-4-2-1-3-10(11)15-18-19-16-21(15)20-12(8-24-16)9-5-6-13(22)14(23)7-9/h1-8,20,22-23H. The van der Waals surface area contributed by atoms with E-state index in [0.717, 1.165) is 21.3 Å². The molecule has 8 heteroatoms. The Hall–Kier alpha value is -2.45. The van der Waals surface area contributed by atoms with Crippen LogP contribution in [0.2, 0.25) is 0 Å². The van der Waals surface area contributed by atoms with E-state index >= 15 is 0 Å². The second kappa shape index (κ2) is 5.88. The normalized spacial score (nSPS) is 13.1. The minimum Gasteiger partial charge on any atom is -0.504 e. The van der Waals surface area contributed by atoms with Gasteiger partial charge in [-0.2, -0.15) is 0 Å². The molecule has 0 unspecified atom stereocenters. The molecular formula is C16H11BrN4O2S. The van der Waals surface area contributed by atoms with Crippen LogP contribution in [0.3, 0.4) is 0 Å². The average Bonchev–Trinajstić information content (AvgIpc) is 3.01. The lowest BCUT2D eigenvalue weighted by Crippen LogP contribution is -2.18. The monoisotopic (exact) mass is 402 g/mol. The number of phenols is 2. The van der Waals surface area contributed by atoms with Crippen molar-refractivity contribution >= 4 is 33.4 Å². The number of nitrogens with one attached hydrogen (secondary N) is 1. The predicted octanol–water partition coefficient (Wildman–Crippen LogP) is 3.77. The van der Waals surface area contributed by atoms with Gasteiger partial charge in [-0.15, -0.1) is 10.2 Å². The molecule has 0 saturated carbocycles. The Labute approximate surface area is 150 Å². The minimum absolute atomic E-state index is 0.151. The second-order valence-corrected chi connectivity index (χ2v) is 6.78.